The number of aliphatic hydroxyl groups is 1. The molecule has 2 aromatic heterocycles. The van der Waals surface area contributed by atoms with E-state index < -0.39 is 21.3 Å². The van der Waals surface area contributed by atoms with Crippen molar-refractivity contribution in [1.82, 2.24) is 18.9 Å². The average Bonchev–Trinajstić information content (AvgIpc) is 3.27. The Labute approximate surface area is 307 Å². The molecule has 284 valence electrons. The zero-order chi connectivity index (χ0) is 37.8. The van der Waals surface area contributed by atoms with Gasteiger partial charge in [-0.15, -0.1) is 0 Å². The van der Waals surface area contributed by atoms with Crippen LogP contribution in [0.25, 0.3) is 21.8 Å². The second-order valence-electron chi connectivity index (χ2n) is 15.4. The average molecular weight is 739 g/mol. The fourth-order valence-corrected chi connectivity index (χ4v) is 7.47. The lowest BCUT2D eigenvalue weighted by Crippen LogP contribution is -2.38. The van der Waals surface area contributed by atoms with E-state index in [-0.39, 0.29) is 25.4 Å². The minimum absolute atomic E-state index is 0.0831. The number of nitrogens with zero attached hydrogens (tertiary/aromatic N) is 4. The van der Waals surface area contributed by atoms with Gasteiger partial charge in [0.15, 0.2) is 0 Å². The van der Waals surface area contributed by atoms with Gasteiger partial charge in [0.1, 0.15) is 11.2 Å². The summed E-state index contributed by atoms with van der Waals surface area (Å²) >= 11 is 0. The normalized spacial score (nSPS) is 15.3. The summed E-state index contributed by atoms with van der Waals surface area (Å²) in [5, 5.41) is 11.8. The molecule has 0 unspecified atom stereocenters. The standard InChI is InChI=1S/C20H28N2O5S.C19H26N2O3/c1-20(2,3)27-19(23)21-11-9-16-15-7-5-6-8-17(15)22(18(16)10-12-21)13-14-26-28(4,24)25;1-19(2,3)24-18(23)20-10-8-15-14-6-4-5-7-16(14)21(12-13-22)17(15)9-11-20/h5-8H,9-14H2,1-4H3;4-7,22H,8-13H2,1-3H3. The molecular formula is C39H54N4O8S. The number of rotatable bonds is 6. The fourth-order valence-electron chi connectivity index (χ4n) is 7.09. The van der Waals surface area contributed by atoms with Gasteiger partial charge in [-0.3, -0.25) is 4.18 Å². The minimum Gasteiger partial charge on any atom is -0.444 e. The van der Waals surface area contributed by atoms with Gasteiger partial charge in [-0.2, -0.15) is 8.42 Å². The van der Waals surface area contributed by atoms with Gasteiger partial charge in [-0.05, 0) is 77.6 Å². The van der Waals surface area contributed by atoms with Crippen molar-refractivity contribution >= 4 is 44.1 Å². The van der Waals surface area contributed by atoms with Crippen LogP contribution in [0, 0.1) is 0 Å². The summed E-state index contributed by atoms with van der Waals surface area (Å²) in [5.41, 5.74) is 6.10. The van der Waals surface area contributed by atoms with Gasteiger partial charge < -0.3 is 33.5 Å². The number of fused-ring (bicyclic) bond motifs is 6. The van der Waals surface area contributed by atoms with E-state index in [0.717, 1.165) is 42.1 Å². The van der Waals surface area contributed by atoms with Gasteiger partial charge in [0.25, 0.3) is 10.1 Å². The Bertz CT molecular complexity index is 2000. The van der Waals surface area contributed by atoms with Crippen LogP contribution in [0.15, 0.2) is 48.5 Å². The van der Waals surface area contributed by atoms with Crippen LogP contribution >= 0.6 is 0 Å². The molecule has 0 atom stereocenters. The molecule has 2 aliphatic heterocycles. The van der Waals surface area contributed by atoms with Gasteiger partial charge in [0, 0.05) is 85.3 Å². The number of carbonyl (C=O) groups is 2. The number of benzene rings is 2. The Morgan fingerprint density at radius 3 is 1.48 bits per heavy atom. The first kappa shape index (κ1) is 39.1. The Morgan fingerprint density at radius 2 is 1.08 bits per heavy atom. The summed E-state index contributed by atoms with van der Waals surface area (Å²) in [7, 11) is -3.48. The van der Waals surface area contributed by atoms with Crippen LogP contribution in [0.4, 0.5) is 9.59 Å². The predicted octanol–water partition coefficient (Wildman–Crippen LogP) is 5.92. The van der Waals surface area contributed by atoms with Crippen molar-refractivity contribution in [3.05, 3.63) is 71.0 Å². The van der Waals surface area contributed by atoms with E-state index in [1.54, 1.807) is 9.80 Å². The second kappa shape index (κ2) is 15.9. The Hall–Kier alpha value is -4.07. The molecule has 2 aliphatic rings. The zero-order valence-electron chi connectivity index (χ0n) is 31.6. The van der Waals surface area contributed by atoms with Crippen molar-refractivity contribution in [1.29, 1.82) is 0 Å². The predicted molar refractivity (Wildman–Crippen MR) is 202 cm³/mol. The van der Waals surface area contributed by atoms with Crippen LogP contribution in [-0.2, 0) is 62.5 Å². The second-order valence-corrected chi connectivity index (χ2v) is 17.0. The molecule has 12 nitrogen and oxygen atoms in total. The number of hydrogen-bond donors (Lipinski definition) is 1. The molecule has 1 N–H and O–H groups in total. The number of aromatic nitrogens is 2. The Kier molecular flexibility index (Phi) is 12.0. The maximum atomic E-state index is 12.5. The van der Waals surface area contributed by atoms with Crippen LogP contribution < -0.4 is 0 Å². The minimum atomic E-state index is -3.48. The molecule has 13 heteroatoms. The van der Waals surface area contributed by atoms with E-state index in [1.807, 2.05) is 71.9 Å². The molecule has 0 saturated carbocycles. The highest BCUT2D eigenvalue weighted by molar-refractivity contribution is 7.85. The third-order valence-corrected chi connectivity index (χ3v) is 9.72. The van der Waals surface area contributed by atoms with Gasteiger partial charge in [-0.25, -0.2) is 9.59 Å². The van der Waals surface area contributed by atoms with Gasteiger partial charge >= 0.3 is 12.2 Å². The third kappa shape index (κ3) is 9.67. The maximum absolute atomic E-state index is 12.5. The highest BCUT2D eigenvalue weighted by Gasteiger charge is 2.28. The molecule has 2 aromatic carbocycles. The first-order valence-electron chi connectivity index (χ1n) is 18.0. The molecule has 4 heterocycles. The van der Waals surface area contributed by atoms with E-state index in [0.29, 0.717) is 45.7 Å². The lowest BCUT2D eigenvalue weighted by molar-refractivity contribution is 0.0247. The molecule has 52 heavy (non-hydrogen) atoms. The smallest absolute Gasteiger partial charge is 0.410 e. The van der Waals surface area contributed by atoms with Crippen LogP contribution in [0.3, 0.4) is 0 Å². The lowest BCUT2D eigenvalue weighted by atomic mass is 10.1. The molecule has 6 rings (SSSR count). The van der Waals surface area contributed by atoms with Crippen molar-refractivity contribution in [3.8, 4) is 0 Å². The van der Waals surface area contributed by atoms with E-state index in [1.165, 1.54) is 27.7 Å². The van der Waals surface area contributed by atoms with E-state index in [4.69, 9.17) is 13.7 Å². The van der Waals surface area contributed by atoms with Crippen molar-refractivity contribution in [3.63, 3.8) is 0 Å². The van der Waals surface area contributed by atoms with E-state index in [2.05, 4.69) is 27.3 Å². The van der Waals surface area contributed by atoms with E-state index >= 15 is 0 Å². The number of carbonyl (C=O) groups excluding carboxylic acids is 2. The van der Waals surface area contributed by atoms with E-state index in [9.17, 15) is 23.1 Å². The Balaban J connectivity index is 0.000000203. The summed E-state index contributed by atoms with van der Waals surface area (Å²) in [6.07, 6.45) is 3.52. The third-order valence-electron chi connectivity index (χ3n) is 9.13. The molecule has 2 amide bonds. The molecular weight excluding hydrogens is 685 g/mol. The maximum Gasteiger partial charge on any atom is 0.410 e. The van der Waals surface area contributed by atoms with Gasteiger partial charge in [0.05, 0.1) is 19.5 Å². The molecule has 0 aliphatic carbocycles. The van der Waals surface area contributed by atoms with Gasteiger partial charge in [0.2, 0.25) is 0 Å². The SMILES string of the molecule is CC(C)(C)OC(=O)N1CCc2c(n(CCO)c3ccccc23)CC1.CC(C)(C)OC(=O)N1CCc2c(n(CCOS(C)(=O)=O)c3ccccc23)CC1. The molecule has 0 fully saturated rings. The molecule has 4 aromatic rings. The topological polar surface area (TPSA) is 133 Å². The molecule has 0 saturated heterocycles. The quantitative estimate of drug-likeness (QED) is 0.241. The molecule has 0 bridgehead atoms. The number of para-hydroxylation sites is 2. The fraction of sp³-hybridized carbons (Fsp3) is 0.538. The highest BCUT2D eigenvalue weighted by Crippen LogP contribution is 2.31. The van der Waals surface area contributed by atoms with Gasteiger partial charge in [-0.1, -0.05) is 36.4 Å². The first-order chi connectivity index (χ1) is 24.5. The summed E-state index contributed by atoms with van der Waals surface area (Å²) < 4.78 is 42.9. The summed E-state index contributed by atoms with van der Waals surface area (Å²) in [5.74, 6) is 0. The lowest BCUT2D eigenvalue weighted by Gasteiger charge is -2.26. The van der Waals surface area contributed by atoms with Crippen LogP contribution in [0.2, 0.25) is 0 Å². The number of hydrogen-bond acceptors (Lipinski definition) is 8. The van der Waals surface area contributed by atoms with Crippen molar-refractivity contribution in [2.75, 3.05) is 45.6 Å². The van der Waals surface area contributed by atoms with Crippen LogP contribution in [-0.4, -0.2) is 101 Å². The number of aliphatic hydroxyl groups excluding tert-OH is 1. The summed E-state index contributed by atoms with van der Waals surface area (Å²) in [6.45, 7) is 14.9. The monoisotopic (exact) mass is 738 g/mol. The number of ether oxygens (including phenoxy) is 2. The van der Waals surface area contributed by atoms with Crippen molar-refractivity contribution in [2.45, 2.75) is 91.5 Å². The summed E-state index contributed by atoms with van der Waals surface area (Å²) in [6, 6.07) is 16.4. The highest BCUT2D eigenvalue weighted by atomic mass is 32.2. The van der Waals surface area contributed by atoms with Crippen LogP contribution in [0.5, 0.6) is 0 Å². The number of amides is 2. The zero-order valence-corrected chi connectivity index (χ0v) is 32.4. The molecule has 0 radical (unpaired) electrons. The molecule has 0 spiro atoms. The summed E-state index contributed by atoms with van der Waals surface area (Å²) in [4.78, 5) is 28.4. The Morgan fingerprint density at radius 1 is 0.673 bits per heavy atom. The first-order valence-corrected chi connectivity index (χ1v) is 19.9. The van der Waals surface area contributed by atoms with Crippen molar-refractivity contribution < 1.29 is 36.8 Å². The van der Waals surface area contributed by atoms with Crippen LogP contribution in [0.1, 0.15) is 64.1 Å². The largest absolute Gasteiger partial charge is 0.444 e. The van der Waals surface area contributed by atoms with Crippen molar-refractivity contribution in [2.24, 2.45) is 0 Å².